The second-order valence-corrected chi connectivity index (χ2v) is 22.4. The van der Waals surface area contributed by atoms with Gasteiger partial charge >= 0.3 is 0 Å². The Morgan fingerprint density at radius 3 is 1.46 bits per heavy atom. The fourth-order valence-corrected chi connectivity index (χ4v) is 12.3. The molecule has 2 aliphatic heterocycles. The molecule has 4 aromatic rings. The highest BCUT2D eigenvalue weighted by molar-refractivity contribution is 9.10. The maximum absolute atomic E-state index is 13.3. The Morgan fingerprint density at radius 1 is 0.574 bits per heavy atom. The molecule has 368 valence electrons. The number of ether oxygens (including phenoxy) is 1. The Kier molecular flexibility index (Phi) is 20.8. The first kappa shape index (κ1) is 54.5. The summed E-state index contributed by atoms with van der Waals surface area (Å²) < 4.78 is 75.6. The third-order valence-electron chi connectivity index (χ3n) is 11.6. The number of halogens is 2. The van der Waals surface area contributed by atoms with Crippen LogP contribution in [0.5, 0.6) is 5.75 Å². The highest BCUT2D eigenvalue weighted by Gasteiger charge is 2.31. The van der Waals surface area contributed by atoms with Crippen LogP contribution < -0.4 is 4.74 Å². The summed E-state index contributed by atoms with van der Waals surface area (Å²) in [6.45, 7) is 6.36. The van der Waals surface area contributed by atoms with Gasteiger partial charge in [-0.05, 0) is 124 Å². The van der Waals surface area contributed by atoms with E-state index in [4.69, 9.17) is 4.74 Å². The molecule has 2 fully saturated rings. The molecule has 6 rings (SSSR count). The van der Waals surface area contributed by atoms with Crippen LogP contribution in [0.2, 0.25) is 0 Å². The van der Waals surface area contributed by atoms with E-state index in [9.17, 15) is 40.4 Å². The van der Waals surface area contributed by atoms with Crippen molar-refractivity contribution in [3.8, 4) is 5.75 Å². The van der Waals surface area contributed by atoms with Crippen molar-refractivity contribution in [2.24, 2.45) is 0 Å². The van der Waals surface area contributed by atoms with E-state index in [2.05, 4.69) is 15.9 Å². The summed E-state index contributed by atoms with van der Waals surface area (Å²) >= 11 is 3.41. The van der Waals surface area contributed by atoms with E-state index in [-0.39, 0.29) is 84.1 Å². The van der Waals surface area contributed by atoms with E-state index < -0.39 is 25.9 Å². The largest absolute Gasteiger partial charge is 0.492 e. The summed E-state index contributed by atoms with van der Waals surface area (Å²) in [6, 6.07) is 23.6. The third-order valence-corrected chi connectivity index (χ3v) is 16.0. The number of Topliss-reactive ketones (excluding diaryl/α,β-unsaturated/α-hetero) is 4. The monoisotopic (exact) mass is 1040 g/mol. The number of hydrogen-bond acceptors (Lipinski definition) is 11. The Balaban J connectivity index is 0.000000254. The number of ketones is 4. The zero-order chi connectivity index (χ0) is 49.4. The fourth-order valence-electron chi connectivity index (χ4n) is 8.40. The molecule has 0 unspecified atom stereocenters. The molecule has 0 amide bonds. The van der Waals surface area contributed by atoms with Crippen LogP contribution in [0.4, 0.5) is 4.39 Å². The molecule has 0 atom stereocenters. The third kappa shape index (κ3) is 16.6. The van der Waals surface area contributed by atoms with E-state index in [0.717, 1.165) is 48.6 Å². The van der Waals surface area contributed by atoms with Crippen LogP contribution >= 0.6 is 15.9 Å². The molecular formula is C51H64BrFN4O9S2. The molecule has 0 spiro atoms. The van der Waals surface area contributed by atoms with Crippen LogP contribution in [0.15, 0.2) is 99.2 Å². The number of carbonyl (C=O) groups is 4. The Labute approximate surface area is 410 Å². The highest BCUT2D eigenvalue weighted by atomic mass is 79.9. The number of hydrogen-bond donors (Lipinski definition) is 0. The zero-order valence-corrected chi connectivity index (χ0v) is 42.8. The molecule has 2 saturated heterocycles. The molecule has 0 radical (unpaired) electrons. The van der Waals surface area contributed by atoms with Crippen molar-refractivity contribution in [2.45, 2.75) is 87.8 Å². The van der Waals surface area contributed by atoms with Gasteiger partial charge in [-0.3, -0.25) is 29.0 Å². The van der Waals surface area contributed by atoms with Crippen molar-refractivity contribution in [3.05, 3.63) is 123 Å². The summed E-state index contributed by atoms with van der Waals surface area (Å²) in [5, 5.41) is 0. The lowest BCUT2D eigenvalue weighted by Gasteiger charge is -2.21. The van der Waals surface area contributed by atoms with Crippen molar-refractivity contribution in [1.82, 2.24) is 18.4 Å². The second-order valence-electron chi connectivity index (χ2n) is 17.7. The van der Waals surface area contributed by atoms with Crippen LogP contribution in [-0.2, 0) is 64.9 Å². The van der Waals surface area contributed by atoms with E-state index in [0.29, 0.717) is 61.5 Å². The average molecular weight is 1040 g/mol. The summed E-state index contributed by atoms with van der Waals surface area (Å²) in [6.07, 6.45) is 6.09. The minimum atomic E-state index is -3.71. The first-order chi connectivity index (χ1) is 32.3. The van der Waals surface area contributed by atoms with E-state index in [1.807, 2.05) is 30.3 Å². The molecule has 0 aliphatic carbocycles. The van der Waals surface area contributed by atoms with Crippen LogP contribution in [0.25, 0.3) is 0 Å². The maximum atomic E-state index is 13.3. The molecule has 13 nitrogen and oxygen atoms in total. The predicted molar refractivity (Wildman–Crippen MR) is 264 cm³/mol. The maximum Gasteiger partial charge on any atom is 0.246 e. The smallest absolute Gasteiger partial charge is 0.246 e. The quantitative estimate of drug-likeness (QED) is 0.0795. The van der Waals surface area contributed by atoms with Gasteiger partial charge in [-0.1, -0.05) is 71.2 Å². The Hall–Kier alpha value is -4.49. The van der Waals surface area contributed by atoms with Crippen molar-refractivity contribution >= 4 is 59.1 Å². The topological polar surface area (TPSA) is 159 Å². The molecule has 0 saturated carbocycles. The number of likely N-dealkylation sites (N-methyl/N-ethyl adjacent to an activating group) is 2. The lowest BCUT2D eigenvalue weighted by atomic mass is 10.1. The van der Waals surface area contributed by atoms with Gasteiger partial charge in [-0.15, -0.1) is 0 Å². The van der Waals surface area contributed by atoms with E-state index >= 15 is 0 Å². The molecule has 2 aliphatic rings. The number of benzene rings is 4. The van der Waals surface area contributed by atoms with Gasteiger partial charge in [0.2, 0.25) is 20.0 Å². The molecule has 4 aromatic carbocycles. The highest BCUT2D eigenvalue weighted by Crippen LogP contribution is 2.31. The molecular weight excluding hydrogens is 976 g/mol. The van der Waals surface area contributed by atoms with Gasteiger partial charge in [0.1, 0.15) is 16.5 Å². The average Bonchev–Trinajstić information content (AvgIpc) is 3.68. The van der Waals surface area contributed by atoms with Crippen LogP contribution in [0.1, 0.15) is 73.3 Å². The Morgan fingerprint density at radius 2 is 0.985 bits per heavy atom. The molecule has 68 heavy (non-hydrogen) atoms. The zero-order valence-electron chi connectivity index (χ0n) is 39.6. The van der Waals surface area contributed by atoms with Gasteiger partial charge < -0.3 is 4.74 Å². The lowest BCUT2D eigenvalue weighted by Crippen LogP contribution is -2.33. The summed E-state index contributed by atoms with van der Waals surface area (Å²) in [5.74, 6) is -0.397. The molecule has 17 heteroatoms. The van der Waals surface area contributed by atoms with Gasteiger partial charge in [-0.2, -0.15) is 8.61 Å². The first-order valence-electron chi connectivity index (χ1n) is 23.1. The van der Waals surface area contributed by atoms with Crippen molar-refractivity contribution in [2.75, 3.05) is 73.1 Å². The van der Waals surface area contributed by atoms with Crippen LogP contribution in [0.3, 0.4) is 0 Å². The van der Waals surface area contributed by atoms with E-state index in [1.54, 1.807) is 78.4 Å². The second kappa shape index (κ2) is 25.9. The van der Waals surface area contributed by atoms with Crippen molar-refractivity contribution in [3.63, 3.8) is 0 Å². The number of aryl methyl sites for hydroxylation is 1. The molecule has 0 bridgehead atoms. The number of sulfonamides is 2. The summed E-state index contributed by atoms with van der Waals surface area (Å²) in [5.41, 5.74) is 3.46. The van der Waals surface area contributed by atoms with Gasteiger partial charge in [0.05, 0.1) is 37.7 Å². The van der Waals surface area contributed by atoms with Crippen molar-refractivity contribution in [1.29, 1.82) is 0 Å². The lowest BCUT2D eigenvalue weighted by molar-refractivity contribution is -0.123. The van der Waals surface area contributed by atoms with Gasteiger partial charge in [0, 0.05) is 56.3 Å². The Bertz CT molecular complexity index is 2620. The minimum Gasteiger partial charge on any atom is -0.492 e. The normalized spacial score (nSPS) is 14.9. The number of rotatable bonds is 22. The first-order valence-corrected chi connectivity index (χ1v) is 26.8. The standard InChI is InChI=1S/C26H33BrN2O4S.C25H31FN2O5S/c1-20-10-11-22(17-26(20)34(32,33)29-12-5-3-4-6-13-29)16-25(31)19-28(2)18-24(30)15-21-8-7-9-23(27)14-21;1-3-33-24-10-9-20(16-25(24)34(31,32)28-11-4-5-12-28)15-23(30)18-27(2)17-22(29)14-19-7-6-8-21(26)13-19/h7-11,14,17H,3-6,12-13,15-16,18-19H2,1-2H3;6-10,13,16H,3-5,11-12,14-15,17-18H2,1-2H3. The van der Waals surface area contributed by atoms with Gasteiger partial charge in [0.15, 0.2) is 23.1 Å². The van der Waals surface area contributed by atoms with Crippen molar-refractivity contribution < 1.29 is 45.1 Å². The number of carbonyl (C=O) groups excluding carboxylic acids is 4. The van der Waals surface area contributed by atoms with E-state index in [1.165, 1.54) is 22.5 Å². The molecule has 0 aromatic heterocycles. The summed E-state index contributed by atoms with van der Waals surface area (Å²) in [4.78, 5) is 53.7. The molecule has 2 heterocycles. The number of nitrogens with zero attached hydrogens (tertiary/aromatic N) is 4. The predicted octanol–water partition coefficient (Wildman–Crippen LogP) is 7.04. The van der Waals surface area contributed by atoms with Gasteiger partial charge in [-0.25, -0.2) is 21.2 Å². The molecule has 0 N–H and O–H groups in total. The van der Waals surface area contributed by atoms with Crippen LogP contribution in [-0.4, -0.2) is 131 Å². The van der Waals surface area contributed by atoms with Gasteiger partial charge in [0.25, 0.3) is 0 Å². The van der Waals surface area contributed by atoms with Crippen LogP contribution in [0, 0.1) is 12.7 Å². The SMILES string of the molecule is CCOc1ccc(CC(=O)CN(C)CC(=O)Cc2cccc(F)c2)cc1S(=O)(=O)N1CCCC1.Cc1ccc(CC(=O)CN(C)CC(=O)Cc2cccc(Br)c2)cc1S(=O)(=O)N1CCCCCC1. The fraction of sp³-hybridized carbons (Fsp3) is 0.451. The minimum absolute atomic E-state index is 0.0366. The summed E-state index contributed by atoms with van der Waals surface area (Å²) in [7, 11) is -3.87.